The monoisotopic (exact) mass is 249 g/mol. The molecule has 2 heterocycles. The van der Waals surface area contributed by atoms with Gasteiger partial charge in [0.2, 0.25) is 0 Å². The van der Waals surface area contributed by atoms with Crippen LogP contribution >= 0.6 is 0 Å². The van der Waals surface area contributed by atoms with E-state index in [1.54, 1.807) is 0 Å². The molecule has 0 aliphatic carbocycles. The highest BCUT2D eigenvalue weighted by atomic mass is 16.5. The normalized spacial score (nSPS) is 21.8. The summed E-state index contributed by atoms with van der Waals surface area (Å²) >= 11 is 0. The Kier molecular flexibility index (Phi) is 5.11. The summed E-state index contributed by atoms with van der Waals surface area (Å²) in [6, 6.07) is 4.18. The Morgan fingerprint density at radius 1 is 1.56 bits per heavy atom. The van der Waals surface area contributed by atoms with Crippen molar-refractivity contribution >= 4 is 0 Å². The lowest BCUT2D eigenvalue weighted by atomic mass is 10.2. The fourth-order valence-electron chi connectivity index (χ4n) is 2.36. The molecule has 0 aromatic carbocycles. The summed E-state index contributed by atoms with van der Waals surface area (Å²) in [5.74, 6) is 0. The molecule has 100 valence electrons. The van der Waals surface area contributed by atoms with Crippen LogP contribution in [0.1, 0.15) is 31.0 Å². The Balaban J connectivity index is 1.98. The van der Waals surface area contributed by atoms with Crippen molar-refractivity contribution < 1.29 is 4.74 Å². The molecule has 1 aliphatic rings. The lowest BCUT2D eigenvalue weighted by molar-refractivity contribution is 0.0510. The van der Waals surface area contributed by atoms with Gasteiger partial charge < -0.3 is 10.5 Å². The van der Waals surface area contributed by atoms with Gasteiger partial charge in [-0.05, 0) is 30.5 Å². The number of hydrogen-bond donors (Lipinski definition) is 1. The average Bonchev–Trinajstić information content (AvgIpc) is 2.64. The number of rotatable bonds is 4. The Hall–Kier alpha value is -0.970. The summed E-state index contributed by atoms with van der Waals surface area (Å²) in [6.45, 7) is 6.68. The zero-order chi connectivity index (χ0) is 12.8. The van der Waals surface area contributed by atoms with E-state index in [9.17, 15) is 0 Å². The van der Waals surface area contributed by atoms with Gasteiger partial charge in [0.1, 0.15) is 0 Å². The Bertz CT molecular complexity index is 370. The van der Waals surface area contributed by atoms with Crippen LogP contribution in [-0.4, -0.2) is 35.7 Å². The molecule has 1 saturated heterocycles. The highest BCUT2D eigenvalue weighted by Crippen LogP contribution is 2.12. The zero-order valence-corrected chi connectivity index (χ0v) is 11.1. The van der Waals surface area contributed by atoms with E-state index in [1.807, 2.05) is 6.20 Å². The molecule has 0 spiro atoms. The summed E-state index contributed by atoms with van der Waals surface area (Å²) in [5, 5.41) is 0. The van der Waals surface area contributed by atoms with E-state index in [2.05, 4.69) is 28.9 Å². The Morgan fingerprint density at radius 2 is 2.44 bits per heavy atom. The van der Waals surface area contributed by atoms with Crippen molar-refractivity contribution in [1.29, 1.82) is 0 Å². The number of hydrogen-bond acceptors (Lipinski definition) is 4. The molecule has 2 rings (SSSR count). The fraction of sp³-hybridized carbons (Fsp3) is 0.643. The van der Waals surface area contributed by atoms with Gasteiger partial charge in [0, 0.05) is 39.0 Å². The van der Waals surface area contributed by atoms with Crippen molar-refractivity contribution in [2.45, 2.75) is 39.0 Å². The van der Waals surface area contributed by atoms with Gasteiger partial charge in [-0.1, -0.05) is 6.92 Å². The van der Waals surface area contributed by atoms with Gasteiger partial charge in [-0.15, -0.1) is 0 Å². The largest absolute Gasteiger partial charge is 0.377 e. The molecule has 0 saturated carbocycles. The van der Waals surface area contributed by atoms with Crippen LogP contribution in [0, 0.1) is 0 Å². The van der Waals surface area contributed by atoms with E-state index in [4.69, 9.17) is 10.5 Å². The van der Waals surface area contributed by atoms with Crippen LogP contribution in [0.25, 0.3) is 0 Å². The van der Waals surface area contributed by atoms with Crippen molar-refractivity contribution in [3.8, 4) is 0 Å². The minimum atomic E-state index is 0.378. The van der Waals surface area contributed by atoms with E-state index >= 15 is 0 Å². The summed E-state index contributed by atoms with van der Waals surface area (Å²) in [5.41, 5.74) is 7.88. The van der Waals surface area contributed by atoms with Crippen molar-refractivity contribution in [3.05, 3.63) is 29.6 Å². The molecule has 1 aromatic rings. The molecule has 0 bridgehead atoms. The lowest BCUT2D eigenvalue weighted by Gasteiger charge is -2.23. The highest BCUT2D eigenvalue weighted by molar-refractivity contribution is 5.16. The van der Waals surface area contributed by atoms with E-state index in [0.717, 1.165) is 44.8 Å². The molecule has 18 heavy (non-hydrogen) atoms. The first-order chi connectivity index (χ1) is 8.81. The molecule has 1 aliphatic heterocycles. The van der Waals surface area contributed by atoms with Crippen LogP contribution in [0.5, 0.6) is 0 Å². The second-order valence-corrected chi connectivity index (χ2v) is 4.85. The standard InChI is InChI=1S/C14H23N3O/c1-2-14-11-17(6-3-7-18-14)10-12-4-5-16-13(8-12)9-15/h4-5,8,14H,2-3,6-7,9-11,15H2,1H3. The van der Waals surface area contributed by atoms with E-state index in [0.29, 0.717) is 12.6 Å². The summed E-state index contributed by atoms with van der Waals surface area (Å²) < 4.78 is 5.79. The smallest absolute Gasteiger partial charge is 0.0699 e. The quantitative estimate of drug-likeness (QED) is 0.879. The zero-order valence-electron chi connectivity index (χ0n) is 11.1. The fourth-order valence-corrected chi connectivity index (χ4v) is 2.36. The lowest BCUT2D eigenvalue weighted by Crippen LogP contribution is -2.31. The number of pyridine rings is 1. The maximum atomic E-state index is 5.79. The molecule has 4 nitrogen and oxygen atoms in total. The maximum Gasteiger partial charge on any atom is 0.0699 e. The maximum absolute atomic E-state index is 5.79. The summed E-state index contributed by atoms with van der Waals surface area (Å²) in [7, 11) is 0. The minimum absolute atomic E-state index is 0.378. The van der Waals surface area contributed by atoms with Gasteiger partial charge >= 0.3 is 0 Å². The summed E-state index contributed by atoms with van der Waals surface area (Å²) in [4.78, 5) is 6.70. The van der Waals surface area contributed by atoms with Gasteiger partial charge in [-0.3, -0.25) is 9.88 Å². The molecular formula is C14H23N3O. The first-order valence-electron chi connectivity index (χ1n) is 6.79. The number of nitrogens with zero attached hydrogens (tertiary/aromatic N) is 2. The average molecular weight is 249 g/mol. The van der Waals surface area contributed by atoms with Gasteiger partial charge in [0.25, 0.3) is 0 Å². The molecule has 4 heteroatoms. The molecule has 1 fully saturated rings. The first-order valence-corrected chi connectivity index (χ1v) is 6.79. The Morgan fingerprint density at radius 3 is 3.22 bits per heavy atom. The predicted molar refractivity (Wildman–Crippen MR) is 72.1 cm³/mol. The molecule has 1 aromatic heterocycles. The van der Waals surface area contributed by atoms with Gasteiger partial charge in [-0.25, -0.2) is 0 Å². The molecule has 1 unspecified atom stereocenters. The van der Waals surface area contributed by atoms with Crippen LogP contribution < -0.4 is 5.73 Å². The third-order valence-corrected chi connectivity index (χ3v) is 3.39. The first kappa shape index (κ1) is 13.5. The molecule has 0 radical (unpaired) electrons. The van der Waals surface area contributed by atoms with Crippen LogP contribution in [0.4, 0.5) is 0 Å². The van der Waals surface area contributed by atoms with E-state index in [1.165, 1.54) is 5.56 Å². The number of aromatic nitrogens is 1. The van der Waals surface area contributed by atoms with Crippen molar-refractivity contribution in [2.24, 2.45) is 5.73 Å². The van der Waals surface area contributed by atoms with Crippen molar-refractivity contribution in [2.75, 3.05) is 19.7 Å². The molecular weight excluding hydrogens is 226 g/mol. The topological polar surface area (TPSA) is 51.4 Å². The SMILES string of the molecule is CCC1CN(Cc2ccnc(CN)c2)CCCO1. The minimum Gasteiger partial charge on any atom is -0.377 e. The molecule has 1 atom stereocenters. The van der Waals surface area contributed by atoms with E-state index < -0.39 is 0 Å². The van der Waals surface area contributed by atoms with Gasteiger partial charge in [0.15, 0.2) is 0 Å². The number of nitrogens with two attached hydrogens (primary N) is 1. The van der Waals surface area contributed by atoms with Crippen LogP contribution in [0.3, 0.4) is 0 Å². The third-order valence-electron chi connectivity index (χ3n) is 3.39. The third kappa shape index (κ3) is 3.77. The Labute approximate surface area is 109 Å². The van der Waals surface area contributed by atoms with Gasteiger partial charge in [-0.2, -0.15) is 0 Å². The van der Waals surface area contributed by atoms with E-state index in [-0.39, 0.29) is 0 Å². The molecule has 0 amide bonds. The van der Waals surface area contributed by atoms with Crippen LogP contribution in [-0.2, 0) is 17.8 Å². The number of ether oxygens (including phenoxy) is 1. The second kappa shape index (κ2) is 6.83. The summed E-state index contributed by atoms with van der Waals surface area (Å²) in [6.07, 6.45) is 4.43. The predicted octanol–water partition coefficient (Wildman–Crippen LogP) is 1.54. The highest BCUT2D eigenvalue weighted by Gasteiger charge is 2.17. The van der Waals surface area contributed by atoms with Gasteiger partial charge in [0.05, 0.1) is 11.8 Å². The second-order valence-electron chi connectivity index (χ2n) is 4.85. The van der Waals surface area contributed by atoms with Crippen molar-refractivity contribution in [1.82, 2.24) is 9.88 Å². The van der Waals surface area contributed by atoms with Crippen LogP contribution in [0.2, 0.25) is 0 Å². The molecule has 2 N–H and O–H groups in total. The van der Waals surface area contributed by atoms with Crippen molar-refractivity contribution in [3.63, 3.8) is 0 Å². The van der Waals surface area contributed by atoms with Crippen LogP contribution in [0.15, 0.2) is 18.3 Å².